The molecule has 0 aliphatic rings. The Morgan fingerprint density at radius 3 is 2.20 bits per heavy atom. The van der Waals surface area contributed by atoms with Gasteiger partial charge in [-0.25, -0.2) is 0 Å². The van der Waals surface area contributed by atoms with E-state index in [0.717, 1.165) is 28.1 Å². The van der Waals surface area contributed by atoms with E-state index < -0.39 is 17.7 Å². The maximum absolute atomic E-state index is 13.7. The number of benzene rings is 3. The fraction of sp³-hybridized carbons (Fsp3) is 0.390. The first-order valence-electron chi connectivity index (χ1n) is 17.5. The molecule has 0 bridgehead atoms. The van der Waals surface area contributed by atoms with E-state index in [4.69, 9.17) is 16.3 Å². The number of carboxylic acid groups (broad SMARTS) is 1. The number of hydrogen-bond donors (Lipinski definition) is 1. The summed E-state index contributed by atoms with van der Waals surface area (Å²) in [4.78, 5) is 13.4. The Morgan fingerprint density at radius 1 is 0.940 bits per heavy atom. The molecule has 1 N–H and O–H groups in total. The highest BCUT2D eigenvalue weighted by atomic mass is 35.5. The second kappa shape index (κ2) is 23.4. The molecule has 0 amide bonds. The fourth-order valence-corrected chi connectivity index (χ4v) is 5.72. The molecule has 1 heterocycles. The summed E-state index contributed by atoms with van der Waals surface area (Å²) >= 11 is 6.33. The molecule has 0 aliphatic carbocycles. The Bertz CT molecular complexity index is 1610. The van der Waals surface area contributed by atoms with Crippen molar-refractivity contribution in [1.82, 2.24) is 9.47 Å². The summed E-state index contributed by atoms with van der Waals surface area (Å²) in [5.74, 6) is -0.310. The Morgan fingerprint density at radius 2 is 1.60 bits per heavy atom. The lowest BCUT2D eigenvalue weighted by atomic mass is 9.89. The van der Waals surface area contributed by atoms with Gasteiger partial charge >= 0.3 is 12.1 Å². The predicted octanol–water partition coefficient (Wildman–Crippen LogP) is 12.1. The number of halogens is 4. The molecular formula is C41H54ClF3N2O3. The van der Waals surface area contributed by atoms with Crippen LogP contribution < -0.4 is 4.74 Å². The van der Waals surface area contributed by atoms with E-state index in [1.54, 1.807) is 16.8 Å². The number of aromatic nitrogens is 1. The van der Waals surface area contributed by atoms with E-state index in [9.17, 15) is 23.1 Å². The van der Waals surface area contributed by atoms with Crippen molar-refractivity contribution in [2.75, 3.05) is 19.7 Å². The average Bonchev–Trinajstić information content (AvgIpc) is 3.54. The van der Waals surface area contributed by atoms with Gasteiger partial charge in [-0.2, -0.15) is 13.2 Å². The highest BCUT2D eigenvalue weighted by Gasteiger charge is 2.34. The van der Waals surface area contributed by atoms with Gasteiger partial charge in [0, 0.05) is 37.1 Å². The van der Waals surface area contributed by atoms with E-state index in [2.05, 4.69) is 29.2 Å². The molecule has 1 unspecified atom stereocenters. The summed E-state index contributed by atoms with van der Waals surface area (Å²) in [5, 5.41) is 9.74. The number of rotatable bonds is 14. The normalized spacial score (nSPS) is 12.0. The molecule has 4 rings (SSSR count). The molecule has 5 nitrogen and oxygen atoms in total. The van der Waals surface area contributed by atoms with E-state index in [0.29, 0.717) is 37.4 Å². The third kappa shape index (κ3) is 13.0. The van der Waals surface area contributed by atoms with Crippen molar-refractivity contribution >= 4 is 28.5 Å². The van der Waals surface area contributed by atoms with E-state index in [1.165, 1.54) is 6.07 Å². The van der Waals surface area contributed by atoms with Crippen LogP contribution in [0.25, 0.3) is 10.9 Å². The molecule has 0 spiro atoms. The van der Waals surface area contributed by atoms with Crippen LogP contribution in [0.1, 0.15) is 84.4 Å². The lowest BCUT2D eigenvalue weighted by Gasteiger charge is -2.29. The van der Waals surface area contributed by atoms with Crippen molar-refractivity contribution in [3.05, 3.63) is 125 Å². The molecule has 0 aliphatic heterocycles. The van der Waals surface area contributed by atoms with Gasteiger partial charge in [0.25, 0.3) is 0 Å². The molecule has 1 aromatic heterocycles. The van der Waals surface area contributed by atoms with Crippen molar-refractivity contribution in [2.24, 2.45) is 0 Å². The van der Waals surface area contributed by atoms with Crippen LogP contribution in [-0.4, -0.2) is 40.2 Å². The third-order valence-electron chi connectivity index (χ3n) is 7.47. The van der Waals surface area contributed by atoms with Gasteiger partial charge in [-0.1, -0.05) is 120 Å². The smallest absolute Gasteiger partial charge is 0.417 e. The number of carbonyl (C=O) groups is 1. The van der Waals surface area contributed by atoms with Crippen LogP contribution >= 0.6 is 11.6 Å². The number of ether oxygens (including phenoxy) is 1. The Hall–Kier alpha value is -4.01. The van der Waals surface area contributed by atoms with Gasteiger partial charge in [-0.05, 0) is 61.2 Å². The minimum absolute atomic E-state index is 0.0226. The predicted molar refractivity (Wildman–Crippen MR) is 203 cm³/mol. The minimum atomic E-state index is -4.55. The minimum Gasteiger partial charge on any atom is -0.493 e. The summed E-state index contributed by atoms with van der Waals surface area (Å²) in [6, 6.07) is 21.4. The lowest BCUT2D eigenvalue weighted by molar-refractivity contribution is -0.138. The third-order valence-corrected chi connectivity index (χ3v) is 7.92. The van der Waals surface area contributed by atoms with Gasteiger partial charge in [0.15, 0.2) is 0 Å². The summed E-state index contributed by atoms with van der Waals surface area (Å²) < 4.78 is 48.8. The van der Waals surface area contributed by atoms with Gasteiger partial charge in [0.1, 0.15) is 12.3 Å². The van der Waals surface area contributed by atoms with Crippen molar-refractivity contribution in [3.63, 3.8) is 0 Å². The average molecular weight is 715 g/mol. The molecule has 4 aromatic rings. The number of carboxylic acids is 1. The zero-order valence-corrected chi connectivity index (χ0v) is 31.5. The quantitative estimate of drug-likeness (QED) is 0.104. The molecule has 50 heavy (non-hydrogen) atoms. The Kier molecular flexibility index (Phi) is 20.6. The van der Waals surface area contributed by atoms with Crippen LogP contribution in [0.3, 0.4) is 0 Å². The number of allylic oxidation sites excluding steroid dienone is 3. The Balaban J connectivity index is 0.00000197. The molecule has 3 aromatic carbocycles. The molecule has 1 atom stereocenters. The highest BCUT2D eigenvalue weighted by Crippen LogP contribution is 2.37. The molecule has 0 radical (unpaired) electrons. The summed E-state index contributed by atoms with van der Waals surface area (Å²) in [5.41, 5.74) is 2.54. The van der Waals surface area contributed by atoms with Crippen LogP contribution in [0.4, 0.5) is 13.2 Å². The van der Waals surface area contributed by atoms with Gasteiger partial charge in [-0.3, -0.25) is 9.69 Å². The molecular weight excluding hydrogens is 661 g/mol. The van der Waals surface area contributed by atoms with Crippen molar-refractivity contribution < 1.29 is 27.8 Å². The second-order valence-electron chi connectivity index (χ2n) is 10.5. The van der Waals surface area contributed by atoms with Crippen molar-refractivity contribution in [3.8, 4) is 5.75 Å². The topological polar surface area (TPSA) is 54.7 Å². The molecule has 0 fully saturated rings. The maximum atomic E-state index is 13.7. The standard InChI is InChI=1S/C35H36ClF3N2O3.3C2H6/c1-3-11-25(4-2)29(26-12-6-5-7-13-26)23-40(22-27-14-8-15-30(34(27)36)35(37,38)39)19-10-21-44-32-17-9-16-31-28(32)18-20-41(31)24-33(42)43;3*1-2/h3-9,11-18,20,29H,10,19,21-24H2,1-2H3,(H,42,43);3*1-2H3/b11-3-,25-4+;;;. The van der Waals surface area contributed by atoms with E-state index in [1.807, 2.05) is 104 Å². The molecule has 9 heteroatoms. The van der Waals surface area contributed by atoms with Crippen LogP contribution in [0.2, 0.25) is 5.02 Å². The molecule has 0 saturated carbocycles. The van der Waals surface area contributed by atoms with E-state index in [-0.39, 0.29) is 24.0 Å². The number of fused-ring (bicyclic) bond motifs is 1. The number of alkyl halides is 3. The summed E-state index contributed by atoms with van der Waals surface area (Å²) in [6.07, 6.45) is 3.88. The SMILES string of the molecule is C/C=C\C(=C/C)C(CN(CCCOc1cccc2c1ccn2CC(=O)O)Cc1cccc(C(F)(F)F)c1Cl)c1ccccc1.CC.CC.CC. The van der Waals surface area contributed by atoms with Crippen molar-refractivity contribution in [2.45, 2.75) is 87.0 Å². The van der Waals surface area contributed by atoms with Gasteiger partial charge < -0.3 is 14.4 Å². The van der Waals surface area contributed by atoms with Gasteiger partial charge in [-0.15, -0.1) is 0 Å². The summed E-state index contributed by atoms with van der Waals surface area (Å²) in [6.45, 7) is 17.5. The van der Waals surface area contributed by atoms with Gasteiger partial charge in [0.05, 0.1) is 22.7 Å². The van der Waals surface area contributed by atoms with Crippen LogP contribution in [0, 0.1) is 0 Å². The first-order valence-corrected chi connectivity index (χ1v) is 17.8. The van der Waals surface area contributed by atoms with Crippen LogP contribution in [-0.2, 0) is 24.1 Å². The first kappa shape index (κ1) is 44.0. The molecule has 274 valence electrons. The Labute approximate surface area is 302 Å². The zero-order chi connectivity index (χ0) is 37.7. The van der Waals surface area contributed by atoms with E-state index >= 15 is 0 Å². The first-order chi connectivity index (χ1) is 24.1. The van der Waals surface area contributed by atoms with Crippen molar-refractivity contribution in [1.29, 1.82) is 0 Å². The maximum Gasteiger partial charge on any atom is 0.417 e. The zero-order valence-electron chi connectivity index (χ0n) is 30.7. The monoisotopic (exact) mass is 714 g/mol. The van der Waals surface area contributed by atoms with Crippen LogP contribution in [0.5, 0.6) is 5.75 Å². The van der Waals surface area contributed by atoms with Crippen LogP contribution in [0.15, 0.2) is 103 Å². The second-order valence-corrected chi connectivity index (χ2v) is 10.9. The lowest BCUT2D eigenvalue weighted by Crippen LogP contribution is -2.31. The summed E-state index contributed by atoms with van der Waals surface area (Å²) in [7, 11) is 0. The number of aliphatic carboxylic acids is 1. The largest absolute Gasteiger partial charge is 0.493 e. The highest BCUT2D eigenvalue weighted by molar-refractivity contribution is 6.32. The number of hydrogen-bond acceptors (Lipinski definition) is 3. The number of nitrogens with zero attached hydrogens (tertiary/aromatic N) is 2. The molecule has 0 saturated heterocycles. The fourth-order valence-electron chi connectivity index (χ4n) is 5.42. The van der Waals surface area contributed by atoms with Gasteiger partial charge in [0.2, 0.25) is 0 Å².